The molecule has 1 N–H and O–H groups in total. The molecule has 2 aromatic rings. The van der Waals surface area contributed by atoms with E-state index in [9.17, 15) is 0 Å². The molecule has 0 amide bonds. The first-order chi connectivity index (χ1) is 10.2. The number of nitrogens with one attached hydrogen (secondary N) is 1. The fraction of sp³-hybridized carbons (Fsp3) is 0.615. The van der Waals surface area contributed by atoms with Crippen molar-refractivity contribution in [3.63, 3.8) is 0 Å². The van der Waals surface area contributed by atoms with Crippen molar-refractivity contribution in [3.8, 4) is 5.95 Å². The molecule has 0 aliphatic heterocycles. The van der Waals surface area contributed by atoms with Gasteiger partial charge >= 0.3 is 0 Å². The standard InChI is InChI=1S/C13H20ClN7/c1-3-5-6-10(4-2)7-16-12-18-11(14)19-13(20-12)21-9-15-8-17-21/h8-10H,3-7H2,1-2H3,(H,16,18,19,20). The highest BCUT2D eigenvalue weighted by atomic mass is 35.5. The minimum atomic E-state index is 0.139. The van der Waals surface area contributed by atoms with Crippen molar-refractivity contribution in [2.75, 3.05) is 11.9 Å². The van der Waals surface area contributed by atoms with E-state index in [1.807, 2.05) is 0 Å². The predicted molar refractivity (Wildman–Crippen MR) is 81.5 cm³/mol. The second kappa shape index (κ2) is 7.87. The van der Waals surface area contributed by atoms with Gasteiger partial charge in [-0.25, -0.2) is 4.98 Å². The lowest BCUT2D eigenvalue weighted by Gasteiger charge is -2.15. The fourth-order valence-electron chi connectivity index (χ4n) is 2.01. The van der Waals surface area contributed by atoms with Crippen LogP contribution in [-0.2, 0) is 0 Å². The van der Waals surface area contributed by atoms with Gasteiger partial charge in [0.1, 0.15) is 12.7 Å². The monoisotopic (exact) mass is 309 g/mol. The predicted octanol–water partition coefficient (Wildman–Crippen LogP) is 2.73. The second-order valence-corrected chi connectivity index (χ2v) is 5.20. The number of anilines is 1. The van der Waals surface area contributed by atoms with E-state index in [0.717, 1.165) is 13.0 Å². The quantitative estimate of drug-likeness (QED) is 0.807. The molecule has 1 atom stereocenters. The molecule has 0 fully saturated rings. The lowest BCUT2D eigenvalue weighted by atomic mass is 9.99. The van der Waals surface area contributed by atoms with Crippen LogP contribution in [0.3, 0.4) is 0 Å². The van der Waals surface area contributed by atoms with E-state index < -0.39 is 0 Å². The van der Waals surface area contributed by atoms with Crippen molar-refractivity contribution in [2.24, 2.45) is 5.92 Å². The van der Waals surface area contributed by atoms with Gasteiger partial charge in [-0.2, -0.15) is 24.7 Å². The summed E-state index contributed by atoms with van der Waals surface area (Å²) in [4.78, 5) is 16.3. The summed E-state index contributed by atoms with van der Waals surface area (Å²) in [5, 5.41) is 7.37. The summed E-state index contributed by atoms with van der Waals surface area (Å²) < 4.78 is 1.45. The molecule has 0 radical (unpaired) electrons. The Hall–Kier alpha value is -1.76. The molecular weight excluding hydrogens is 290 g/mol. The zero-order valence-corrected chi connectivity index (χ0v) is 13.1. The van der Waals surface area contributed by atoms with Crippen molar-refractivity contribution < 1.29 is 0 Å². The fourth-order valence-corrected chi connectivity index (χ4v) is 2.17. The van der Waals surface area contributed by atoms with Crippen LogP contribution in [0.5, 0.6) is 0 Å². The summed E-state index contributed by atoms with van der Waals surface area (Å²) in [6, 6.07) is 0. The van der Waals surface area contributed by atoms with Crippen LogP contribution in [0.4, 0.5) is 5.95 Å². The normalized spacial score (nSPS) is 12.3. The summed E-state index contributed by atoms with van der Waals surface area (Å²) in [6.07, 6.45) is 7.72. The first-order valence-corrected chi connectivity index (χ1v) is 7.61. The molecule has 8 heteroatoms. The molecule has 0 aromatic carbocycles. The SMILES string of the molecule is CCCCC(CC)CNc1nc(Cl)nc(-n2cncn2)n1. The topological polar surface area (TPSA) is 81.4 Å². The molecule has 2 heterocycles. The van der Waals surface area contributed by atoms with Crippen molar-refractivity contribution in [3.05, 3.63) is 17.9 Å². The van der Waals surface area contributed by atoms with Crippen LogP contribution in [-0.4, -0.2) is 36.3 Å². The van der Waals surface area contributed by atoms with Crippen LogP contribution in [0.25, 0.3) is 5.95 Å². The molecule has 0 aliphatic carbocycles. The molecule has 2 aromatic heterocycles. The highest BCUT2D eigenvalue weighted by Gasteiger charge is 2.10. The Morgan fingerprint density at radius 3 is 2.81 bits per heavy atom. The highest BCUT2D eigenvalue weighted by Crippen LogP contribution is 2.14. The van der Waals surface area contributed by atoms with Gasteiger partial charge in [-0.1, -0.05) is 33.1 Å². The van der Waals surface area contributed by atoms with Crippen LogP contribution in [0.15, 0.2) is 12.7 Å². The minimum Gasteiger partial charge on any atom is -0.354 e. The largest absolute Gasteiger partial charge is 0.354 e. The molecule has 0 saturated heterocycles. The van der Waals surface area contributed by atoms with Gasteiger partial charge < -0.3 is 5.32 Å². The Morgan fingerprint density at radius 2 is 2.14 bits per heavy atom. The first kappa shape index (κ1) is 15.6. The summed E-state index contributed by atoms with van der Waals surface area (Å²) in [6.45, 7) is 5.23. The molecule has 0 bridgehead atoms. The number of hydrogen-bond acceptors (Lipinski definition) is 6. The number of halogens is 1. The van der Waals surface area contributed by atoms with Gasteiger partial charge in [0.15, 0.2) is 0 Å². The van der Waals surface area contributed by atoms with E-state index in [1.54, 1.807) is 0 Å². The van der Waals surface area contributed by atoms with E-state index in [1.165, 1.54) is 36.6 Å². The van der Waals surface area contributed by atoms with Gasteiger partial charge in [0, 0.05) is 6.54 Å². The summed E-state index contributed by atoms with van der Waals surface area (Å²) in [5.74, 6) is 1.43. The lowest BCUT2D eigenvalue weighted by Crippen LogP contribution is -2.16. The maximum Gasteiger partial charge on any atom is 0.258 e. The van der Waals surface area contributed by atoms with Crippen molar-refractivity contribution in [1.82, 2.24) is 29.7 Å². The van der Waals surface area contributed by atoms with Gasteiger partial charge in [0.25, 0.3) is 5.95 Å². The molecular formula is C13H20ClN7. The van der Waals surface area contributed by atoms with Crippen LogP contribution in [0.1, 0.15) is 39.5 Å². The summed E-state index contributed by atoms with van der Waals surface area (Å²) in [5.41, 5.74) is 0. The number of aromatic nitrogens is 6. The number of hydrogen-bond donors (Lipinski definition) is 1. The first-order valence-electron chi connectivity index (χ1n) is 7.23. The Labute approximate surface area is 129 Å². The van der Waals surface area contributed by atoms with Crippen molar-refractivity contribution in [1.29, 1.82) is 0 Å². The smallest absolute Gasteiger partial charge is 0.258 e. The van der Waals surface area contributed by atoms with Gasteiger partial charge in [-0.15, -0.1) is 0 Å². The van der Waals surface area contributed by atoms with Crippen LogP contribution in [0, 0.1) is 5.92 Å². The van der Waals surface area contributed by atoms with E-state index >= 15 is 0 Å². The minimum absolute atomic E-state index is 0.139. The zero-order chi connectivity index (χ0) is 15.1. The Bertz CT molecular complexity index is 543. The Balaban J connectivity index is 2.03. The third-order valence-corrected chi connectivity index (χ3v) is 3.48. The highest BCUT2D eigenvalue weighted by molar-refractivity contribution is 6.28. The molecule has 114 valence electrons. The van der Waals surface area contributed by atoms with E-state index in [0.29, 0.717) is 17.8 Å². The van der Waals surface area contributed by atoms with Gasteiger partial charge in [-0.3, -0.25) is 0 Å². The average Bonchev–Trinajstić information content (AvgIpc) is 3.01. The molecule has 0 saturated carbocycles. The second-order valence-electron chi connectivity index (χ2n) is 4.87. The van der Waals surface area contributed by atoms with Crippen LogP contribution >= 0.6 is 11.6 Å². The van der Waals surface area contributed by atoms with E-state index in [4.69, 9.17) is 11.6 Å². The molecule has 0 spiro atoms. The number of rotatable bonds is 8. The van der Waals surface area contributed by atoms with Gasteiger partial charge in [0.2, 0.25) is 11.2 Å². The third kappa shape index (κ3) is 4.63. The third-order valence-electron chi connectivity index (χ3n) is 3.31. The molecule has 21 heavy (non-hydrogen) atoms. The zero-order valence-electron chi connectivity index (χ0n) is 12.3. The Morgan fingerprint density at radius 1 is 1.29 bits per heavy atom. The maximum atomic E-state index is 5.94. The summed E-state index contributed by atoms with van der Waals surface area (Å²) >= 11 is 5.94. The van der Waals surface area contributed by atoms with Crippen molar-refractivity contribution in [2.45, 2.75) is 39.5 Å². The van der Waals surface area contributed by atoms with Crippen LogP contribution < -0.4 is 5.32 Å². The number of unbranched alkanes of at least 4 members (excludes halogenated alkanes) is 1. The Kier molecular flexibility index (Phi) is 5.86. The maximum absolute atomic E-state index is 5.94. The average molecular weight is 310 g/mol. The van der Waals surface area contributed by atoms with E-state index in [2.05, 4.69) is 44.2 Å². The van der Waals surface area contributed by atoms with Crippen molar-refractivity contribution >= 4 is 17.5 Å². The lowest BCUT2D eigenvalue weighted by molar-refractivity contribution is 0.471. The van der Waals surface area contributed by atoms with E-state index in [-0.39, 0.29) is 5.28 Å². The summed E-state index contributed by atoms with van der Waals surface area (Å²) in [7, 11) is 0. The molecule has 1 unspecified atom stereocenters. The molecule has 2 rings (SSSR count). The van der Waals surface area contributed by atoms with Gasteiger partial charge in [0.05, 0.1) is 0 Å². The van der Waals surface area contributed by atoms with Gasteiger partial charge in [-0.05, 0) is 23.9 Å². The number of nitrogens with zero attached hydrogens (tertiary/aromatic N) is 6. The van der Waals surface area contributed by atoms with Crippen LogP contribution in [0.2, 0.25) is 5.28 Å². The molecule has 7 nitrogen and oxygen atoms in total. The molecule has 0 aliphatic rings.